The lowest BCUT2D eigenvalue weighted by Crippen LogP contribution is -2.44. The number of amides is 2. The molecule has 1 fully saturated rings. The van der Waals surface area contributed by atoms with Gasteiger partial charge in [-0.05, 0) is 80.6 Å². The zero-order valence-electron chi connectivity index (χ0n) is 22.8. The van der Waals surface area contributed by atoms with Gasteiger partial charge in [-0.3, -0.25) is 4.79 Å². The fourth-order valence-corrected chi connectivity index (χ4v) is 5.35. The van der Waals surface area contributed by atoms with Gasteiger partial charge in [0.15, 0.2) is 0 Å². The van der Waals surface area contributed by atoms with E-state index in [-0.39, 0.29) is 22.8 Å². The monoisotopic (exact) mass is 536 g/mol. The fourth-order valence-electron chi connectivity index (χ4n) is 5.35. The number of nitrogens with zero attached hydrogens (tertiary/aromatic N) is 3. The summed E-state index contributed by atoms with van der Waals surface area (Å²) in [6.45, 7) is 7.90. The number of anilines is 4. The first kappa shape index (κ1) is 25.4. The highest BCUT2D eigenvalue weighted by molar-refractivity contribution is 6.04. The third kappa shape index (κ3) is 4.96. The van der Waals surface area contributed by atoms with Crippen molar-refractivity contribution in [2.45, 2.75) is 13.8 Å². The van der Waals surface area contributed by atoms with Crippen LogP contribution >= 0.6 is 0 Å². The first-order valence-electron chi connectivity index (χ1n) is 13.3. The summed E-state index contributed by atoms with van der Waals surface area (Å²) >= 11 is 0. The lowest BCUT2D eigenvalue weighted by atomic mass is 10.1. The van der Waals surface area contributed by atoms with Crippen LogP contribution in [-0.4, -0.2) is 59.1 Å². The average Bonchev–Trinajstić information content (AvgIpc) is 3.31. The van der Waals surface area contributed by atoms with Gasteiger partial charge in [0.2, 0.25) is 0 Å². The van der Waals surface area contributed by atoms with Crippen molar-refractivity contribution >= 4 is 50.7 Å². The number of carbonyl (C=O) groups excluding carboxylic acids is 1. The standard InChI is InChI=1S/C30H32N8O2/c1-17-12-18(2)14-20(13-17)33-30(40)32-19-4-6-23-22(15-19)27(31)26(29(39)36-23)28-34-24-7-5-21(16-25(24)35-28)38-10-8-37(3)9-11-38/h4-7,12-16H,8-11H2,1-3H3,(H,34,35)(H3,31,36,39)(H2,32,33,40). The Morgan fingerprint density at radius 2 is 1.60 bits per heavy atom. The predicted molar refractivity (Wildman–Crippen MR) is 162 cm³/mol. The Kier molecular flexibility index (Phi) is 6.39. The van der Waals surface area contributed by atoms with Gasteiger partial charge in [0.1, 0.15) is 11.4 Å². The molecule has 6 N–H and O–H groups in total. The number of aromatic amines is 2. The maximum absolute atomic E-state index is 13.1. The van der Waals surface area contributed by atoms with Gasteiger partial charge < -0.3 is 36.1 Å². The summed E-state index contributed by atoms with van der Waals surface area (Å²) in [6.07, 6.45) is 0. The minimum absolute atomic E-state index is 0.265. The average molecular weight is 537 g/mol. The van der Waals surface area contributed by atoms with Crippen molar-refractivity contribution in [3.05, 3.63) is 76.1 Å². The molecule has 0 saturated carbocycles. The predicted octanol–water partition coefficient (Wildman–Crippen LogP) is 4.67. The van der Waals surface area contributed by atoms with Crippen molar-refractivity contribution in [1.29, 1.82) is 0 Å². The van der Waals surface area contributed by atoms with E-state index in [0.717, 1.165) is 54.0 Å². The third-order valence-electron chi connectivity index (χ3n) is 7.36. The van der Waals surface area contributed by atoms with E-state index < -0.39 is 0 Å². The van der Waals surface area contributed by atoms with Crippen molar-refractivity contribution in [3.63, 3.8) is 0 Å². The quantitative estimate of drug-likeness (QED) is 0.227. The Morgan fingerprint density at radius 3 is 2.35 bits per heavy atom. The number of likely N-dealkylation sites (N-methyl/N-ethyl adjacent to an activating group) is 1. The summed E-state index contributed by atoms with van der Waals surface area (Å²) < 4.78 is 0. The molecule has 1 aliphatic heterocycles. The van der Waals surface area contributed by atoms with Gasteiger partial charge in [-0.25, -0.2) is 9.78 Å². The Morgan fingerprint density at radius 1 is 0.875 bits per heavy atom. The second-order valence-electron chi connectivity index (χ2n) is 10.5. The van der Waals surface area contributed by atoms with E-state index in [0.29, 0.717) is 28.1 Å². The summed E-state index contributed by atoms with van der Waals surface area (Å²) in [4.78, 5) is 41.4. The van der Waals surface area contributed by atoms with Crippen LogP contribution in [0.25, 0.3) is 33.3 Å². The van der Waals surface area contributed by atoms with Crippen LogP contribution in [0.1, 0.15) is 11.1 Å². The van der Waals surface area contributed by atoms with Crippen molar-refractivity contribution in [2.24, 2.45) is 0 Å². The molecule has 0 atom stereocenters. The lowest BCUT2D eigenvalue weighted by molar-refractivity contribution is 0.262. The summed E-state index contributed by atoms with van der Waals surface area (Å²) in [5.41, 5.74) is 13.4. The number of nitrogens with one attached hydrogen (secondary N) is 4. The van der Waals surface area contributed by atoms with Crippen LogP contribution in [-0.2, 0) is 0 Å². The first-order chi connectivity index (χ1) is 19.2. The molecule has 40 heavy (non-hydrogen) atoms. The topological polar surface area (TPSA) is 135 Å². The number of urea groups is 1. The molecule has 0 unspecified atom stereocenters. The second-order valence-corrected chi connectivity index (χ2v) is 10.5. The number of hydrogen-bond donors (Lipinski definition) is 5. The highest BCUT2D eigenvalue weighted by atomic mass is 16.2. The van der Waals surface area contributed by atoms with Gasteiger partial charge in [-0.2, -0.15) is 0 Å². The zero-order valence-corrected chi connectivity index (χ0v) is 22.8. The number of rotatable bonds is 4. The van der Waals surface area contributed by atoms with Crippen molar-refractivity contribution in [2.75, 3.05) is 54.5 Å². The van der Waals surface area contributed by atoms with Crippen LogP contribution in [0.2, 0.25) is 0 Å². The molecule has 0 radical (unpaired) electrons. The number of piperazine rings is 1. The van der Waals surface area contributed by atoms with Crippen LogP contribution in [0.3, 0.4) is 0 Å². The van der Waals surface area contributed by atoms with Gasteiger partial charge >= 0.3 is 6.03 Å². The maximum Gasteiger partial charge on any atom is 0.323 e. The highest BCUT2D eigenvalue weighted by Crippen LogP contribution is 2.31. The van der Waals surface area contributed by atoms with E-state index in [1.165, 1.54) is 0 Å². The number of hydrogen-bond acceptors (Lipinski definition) is 6. The molecule has 2 amide bonds. The number of imidazole rings is 1. The molecule has 3 aromatic carbocycles. The number of nitrogens with two attached hydrogens (primary N) is 1. The van der Waals surface area contributed by atoms with Gasteiger partial charge in [-0.1, -0.05) is 6.07 Å². The molecule has 3 heterocycles. The smallest absolute Gasteiger partial charge is 0.323 e. The molecule has 1 aliphatic rings. The van der Waals surface area contributed by atoms with E-state index >= 15 is 0 Å². The number of pyridine rings is 1. The van der Waals surface area contributed by atoms with Crippen molar-refractivity contribution < 1.29 is 4.79 Å². The van der Waals surface area contributed by atoms with E-state index in [1.807, 2.05) is 38.1 Å². The molecule has 2 aromatic heterocycles. The number of H-pyrrole nitrogens is 2. The Balaban J connectivity index is 1.30. The number of aromatic nitrogens is 3. The van der Waals surface area contributed by atoms with Crippen LogP contribution in [0, 0.1) is 13.8 Å². The summed E-state index contributed by atoms with van der Waals surface area (Å²) in [6, 6.07) is 16.8. The maximum atomic E-state index is 13.1. The molecule has 6 rings (SSSR count). The van der Waals surface area contributed by atoms with Crippen molar-refractivity contribution in [3.8, 4) is 11.4 Å². The number of carbonyl (C=O) groups is 1. The molecule has 0 spiro atoms. The molecule has 10 heteroatoms. The summed E-state index contributed by atoms with van der Waals surface area (Å²) in [5.74, 6) is 0.400. The molecule has 5 aromatic rings. The minimum atomic E-state index is -0.374. The molecule has 0 aliphatic carbocycles. The fraction of sp³-hybridized carbons (Fsp3) is 0.233. The largest absolute Gasteiger partial charge is 0.397 e. The molecule has 10 nitrogen and oxygen atoms in total. The van der Waals surface area contributed by atoms with E-state index in [4.69, 9.17) is 5.73 Å². The van der Waals surface area contributed by atoms with Crippen LogP contribution in [0.5, 0.6) is 0 Å². The Bertz CT molecular complexity index is 1790. The van der Waals surface area contributed by atoms with E-state index in [2.05, 4.69) is 54.6 Å². The van der Waals surface area contributed by atoms with Crippen molar-refractivity contribution in [1.82, 2.24) is 19.9 Å². The zero-order chi connectivity index (χ0) is 28.0. The summed E-state index contributed by atoms with van der Waals surface area (Å²) in [5, 5.41) is 6.33. The minimum Gasteiger partial charge on any atom is -0.397 e. The van der Waals surface area contributed by atoms with Gasteiger partial charge in [0.05, 0.1) is 22.2 Å². The normalized spacial score (nSPS) is 14.1. The molecule has 204 valence electrons. The van der Waals surface area contributed by atoms with Crippen LogP contribution in [0.15, 0.2) is 59.4 Å². The first-order valence-corrected chi connectivity index (χ1v) is 13.3. The molecule has 1 saturated heterocycles. The number of nitrogen functional groups attached to an aromatic ring is 1. The van der Waals surface area contributed by atoms with Gasteiger partial charge in [0, 0.05) is 48.6 Å². The van der Waals surface area contributed by atoms with Crippen LogP contribution < -0.4 is 26.8 Å². The Hall–Kier alpha value is -4.83. The lowest BCUT2D eigenvalue weighted by Gasteiger charge is -2.34. The molecular weight excluding hydrogens is 504 g/mol. The summed E-state index contributed by atoms with van der Waals surface area (Å²) in [7, 11) is 2.13. The third-order valence-corrected chi connectivity index (χ3v) is 7.36. The van der Waals surface area contributed by atoms with E-state index in [9.17, 15) is 9.59 Å². The highest BCUT2D eigenvalue weighted by Gasteiger charge is 2.19. The second kappa shape index (κ2) is 10.0. The molecular formula is C30H32N8O2. The van der Waals surface area contributed by atoms with Crippen LogP contribution in [0.4, 0.5) is 27.5 Å². The van der Waals surface area contributed by atoms with Gasteiger partial charge in [-0.15, -0.1) is 0 Å². The molecule has 0 bridgehead atoms. The van der Waals surface area contributed by atoms with Gasteiger partial charge in [0.25, 0.3) is 5.56 Å². The number of benzene rings is 3. The SMILES string of the molecule is Cc1cc(C)cc(NC(=O)Nc2ccc3[nH]c(=O)c(-c4nc5ccc(N6CCN(C)CC6)cc5[nH]4)c(N)c3c2)c1. The number of fused-ring (bicyclic) bond motifs is 2. The number of aryl methyl sites for hydroxylation is 2. The van der Waals surface area contributed by atoms with E-state index in [1.54, 1.807) is 18.2 Å². The Labute approximate surface area is 231 Å².